The lowest BCUT2D eigenvalue weighted by molar-refractivity contribution is 0.111. The Morgan fingerprint density at radius 3 is 2.83 bits per heavy atom. The van der Waals surface area contributed by atoms with Crippen molar-refractivity contribution in [3.63, 3.8) is 0 Å². The van der Waals surface area contributed by atoms with E-state index in [2.05, 4.69) is 22.0 Å². The van der Waals surface area contributed by atoms with Crippen molar-refractivity contribution in [2.24, 2.45) is 5.41 Å². The van der Waals surface area contributed by atoms with Crippen LogP contribution in [0.1, 0.15) is 37.0 Å². The average Bonchev–Trinajstić information content (AvgIpc) is 2.36. The van der Waals surface area contributed by atoms with Crippen LogP contribution in [0.4, 0.5) is 0 Å². The SMILES string of the molecule is CC(C)(C#N)CCCOc1ccc(Br)cc1C=O. The maximum atomic E-state index is 10.9. The lowest BCUT2D eigenvalue weighted by Crippen LogP contribution is -2.10. The second kappa shape index (κ2) is 6.55. The molecule has 0 heterocycles. The molecule has 0 unspecified atom stereocenters. The van der Waals surface area contributed by atoms with E-state index in [-0.39, 0.29) is 5.41 Å². The van der Waals surface area contributed by atoms with Crippen molar-refractivity contribution in [2.75, 3.05) is 6.61 Å². The first kappa shape index (κ1) is 14.7. The predicted octanol–water partition coefficient (Wildman–Crippen LogP) is 3.97. The third-order valence-electron chi connectivity index (χ3n) is 2.61. The number of nitrogens with zero attached hydrogens (tertiary/aromatic N) is 1. The molecule has 0 amide bonds. The highest BCUT2D eigenvalue weighted by Crippen LogP contribution is 2.23. The van der Waals surface area contributed by atoms with E-state index >= 15 is 0 Å². The molecule has 0 atom stereocenters. The molecule has 0 spiro atoms. The molecule has 96 valence electrons. The molecule has 0 N–H and O–H groups in total. The first-order valence-electron chi connectivity index (χ1n) is 5.77. The third-order valence-corrected chi connectivity index (χ3v) is 3.10. The molecule has 0 saturated carbocycles. The van der Waals surface area contributed by atoms with Crippen molar-refractivity contribution in [1.29, 1.82) is 5.26 Å². The molecule has 0 bridgehead atoms. The first-order chi connectivity index (χ1) is 8.48. The van der Waals surface area contributed by atoms with Crippen LogP contribution in [0.25, 0.3) is 0 Å². The number of carbonyl (C=O) groups excluding carboxylic acids is 1. The van der Waals surface area contributed by atoms with Gasteiger partial charge in [0.1, 0.15) is 5.75 Å². The van der Waals surface area contributed by atoms with Crippen molar-refractivity contribution < 1.29 is 9.53 Å². The van der Waals surface area contributed by atoms with Crippen molar-refractivity contribution >= 4 is 22.2 Å². The Hall–Kier alpha value is -1.34. The van der Waals surface area contributed by atoms with E-state index in [1.54, 1.807) is 12.1 Å². The molecule has 3 nitrogen and oxygen atoms in total. The number of halogens is 1. The Morgan fingerprint density at radius 2 is 2.22 bits per heavy atom. The topological polar surface area (TPSA) is 50.1 Å². The number of rotatable bonds is 6. The van der Waals surface area contributed by atoms with Crippen molar-refractivity contribution in [3.8, 4) is 11.8 Å². The van der Waals surface area contributed by atoms with Crippen LogP contribution in [0, 0.1) is 16.7 Å². The van der Waals surface area contributed by atoms with Gasteiger partial charge in [-0.1, -0.05) is 15.9 Å². The largest absolute Gasteiger partial charge is 0.493 e. The first-order valence-corrected chi connectivity index (χ1v) is 6.56. The molecule has 1 rings (SSSR count). The molecule has 0 aliphatic carbocycles. The Kier molecular flexibility index (Phi) is 5.36. The van der Waals surface area contributed by atoms with E-state index in [0.29, 0.717) is 17.9 Å². The second-order valence-electron chi connectivity index (χ2n) is 4.75. The maximum absolute atomic E-state index is 10.9. The number of ether oxygens (including phenoxy) is 1. The number of aldehydes is 1. The molecule has 0 radical (unpaired) electrons. The Labute approximate surface area is 116 Å². The van der Waals surface area contributed by atoms with Gasteiger partial charge in [-0.05, 0) is 44.9 Å². The molecule has 4 heteroatoms. The Morgan fingerprint density at radius 1 is 1.50 bits per heavy atom. The minimum Gasteiger partial charge on any atom is -0.493 e. The fourth-order valence-corrected chi connectivity index (χ4v) is 1.87. The standard InChI is InChI=1S/C14H16BrNO2/c1-14(2,10-16)6-3-7-18-13-5-4-12(15)8-11(13)9-17/h4-5,8-9H,3,6-7H2,1-2H3. The van der Waals surface area contributed by atoms with E-state index in [1.165, 1.54) is 0 Å². The summed E-state index contributed by atoms with van der Waals surface area (Å²) in [6, 6.07) is 7.58. The van der Waals surface area contributed by atoms with E-state index in [0.717, 1.165) is 23.6 Å². The minimum absolute atomic E-state index is 0.323. The summed E-state index contributed by atoms with van der Waals surface area (Å²) in [4.78, 5) is 10.9. The van der Waals surface area contributed by atoms with Crippen LogP contribution >= 0.6 is 15.9 Å². The van der Waals surface area contributed by atoms with Gasteiger partial charge in [-0.15, -0.1) is 0 Å². The zero-order chi connectivity index (χ0) is 13.6. The molecule has 0 saturated heterocycles. The molecule has 1 aromatic carbocycles. The van der Waals surface area contributed by atoms with Gasteiger partial charge >= 0.3 is 0 Å². The summed E-state index contributed by atoms with van der Waals surface area (Å²) in [7, 11) is 0. The monoisotopic (exact) mass is 309 g/mol. The van der Waals surface area contributed by atoms with Gasteiger partial charge in [0, 0.05) is 4.47 Å². The highest BCUT2D eigenvalue weighted by atomic mass is 79.9. The smallest absolute Gasteiger partial charge is 0.153 e. The number of nitriles is 1. The van der Waals surface area contributed by atoms with Crippen LogP contribution in [0.15, 0.2) is 22.7 Å². The predicted molar refractivity (Wildman–Crippen MR) is 73.7 cm³/mol. The summed E-state index contributed by atoms with van der Waals surface area (Å²) in [5, 5.41) is 8.88. The van der Waals surface area contributed by atoms with Crippen LogP contribution in [0.2, 0.25) is 0 Å². The lowest BCUT2D eigenvalue weighted by atomic mass is 9.90. The average molecular weight is 310 g/mol. The fourth-order valence-electron chi connectivity index (χ4n) is 1.49. The summed E-state index contributed by atoms with van der Waals surface area (Å²) in [6.07, 6.45) is 2.34. The molecule has 0 fully saturated rings. The van der Waals surface area contributed by atoms with Gasteiger partial charge in [0.2, 0.25) is 0 Å². The van der Waals surface area contributed by atoms with Crippen molar-refractivity contribution in [1.82, 2.24) is 0 Å². The Bertz CT molecular complexity index is 463. The van der Waals surface area contributed by atoms with E-state index in [9.17, 15) is 4.79 Å². The van der Waals surface area contributed by atoms with E-state index in [4.69, 9.17) is 10.00 Å². The second-order valence-corrected chi connectivity index (χ2v) is 5.66. The Balaban J connectivity index is 2.50. The maximum Gasteiger partial charge on any atom is 0.153 e. The quantitative estimate of drug-likeness (QED) is 0.590. The molecule has 1 aromatic rings. The van der Waals surface area contributed by atoms with Crippen LogP contribution in [0.5, 0.6) is 5.75 Å². The molecule has 0 aliphatic rings. The minimum atomic E-state index is -0.323. The normalized spacial score (nSPS) is 10.8. The van der Waals surface area contributed by atoms with Gasteiger partial charge in [0.15, 0.2) is 6.29 Å². The number of hydrogen-bond acceptors (Lipinski definition) is 3. The van der Waals surface area contributed by atoms with E-state index < -0.39 is 0 Å². The van der Waals surface area contributed by atoms with Crippen LogP contribution in [0.3, 0.4) is 0 Å². The zero-order valence-corrected chi connectivity index (χ0v) is 12.2. The van der Waals surface area contributed by atoms with Gasteiger partial charge in [-0.2, -0.15) is 5.26 Å². The summed E-state index contributed by atoms with van der Waals surface area (Å²) in [5.74, 6) is 0.586. The lowest BCUT2D eigenvalue weighted by Gasteiger charge is -2.15. The molecular formula is C14H16BrNO2. The van der Waals surface area contributed by atoms with Crippen LogP contribution in [-0.2, 0) is 0 Å². The zero-order valence-electron chi connectivity index (χ0n) is 10.6. The van der Waals surface area contributed by atoms with Gasteiger partial charge in [0.25, 0.3) is 0 Å². The van der Waals surface area contributed by atoms with Gasteiger partial charge in [0.05, 0.1) is 23.7 Å². The van der Waals surface area contributed by atoms with Gasteiger partial charge in [-0.3, -0.25) is 4.79 Å². The van der Waals surface area contributed by atoms with Crippen LogP contribution in [-0.4, -0.2) is 12.9 Å². The summed E-state index contributed by atoms with van der Waals surface area (Å²) >= 11 is 3.30. The summed E-state index contributed by atoms with van der Waals surface area (Å²) in [6.45, 7) is 4.32. The number of benzene rings is 1. The van der Waals surface area contributed by atoms with Crippen molar-refractivity contribution in [2.45, 2.75) is 26.7 Å². The highest BCUT2D eigenvalue weighted by Gasteiger charge is 2.15. The molecular weight excluding hydrogens is 294 g/mol. The van der Waals surface area contributed by atoms with E-state index in [1.807, 2.05) is 19.9 Å². The highest BCUT2D eigenvalue weighted by molar-refractivity contribution is 9.10. The van der Waals surface area contributed by atoms with Gasteiger partial charge < -0.3 is 4.74 Å². The number of hydrogen-bond donors (Lipinski definition) is 0. The molecule has 18 heavy (non-hydrogen) atoms. The molecule has 0 aliphatic heterocycles. The molecule has 0 aromatic heterocycles. The number of carbonyl (C=O) groups is 1. The summed E-state index contributed by atoms with van der Waals surface area (Å²) in [5.41, 5.74) is 0.209. The third kappa shape index (κ3) is 4.50. The van der Waals surface area contributed by atoms with Crippen molar-refractivity contribution in [3.05, 3.63) is 28.2 Å². The van der Waals surface area contributed by atoms with Gasteiger partial charge in [-0.25, -0.2) is 0 Å². The van der Waals surface area contributed by atoms with Crippen LogP contribution < -0.4 is 4.74 Å². The summed E-state index contributed by atoms with van der Waals surface area (Å²) < 4.78 is 6.41. The fraction of sp³-hybridized carbons (Fsp3) is 0.429.